The number of carbonyl (C=O) groups is 1. The van der Waals surface area contributed by atoms with Gasteiger partial charge < -0.3 is 19.1 Å². The van der Waals surface area contributed by atoms with Gasteiger partial charge in [-0.3, -0.25) is 4.98 Å². The summed E-state index contributed by atoms with van der Waals surface area (Å²) in [5.41, 5.74) is 3.50. The fourth-order valence-corrected chi connectivity index (χ4v) is 4.69. The summed E-state index contributed by atoms with van der Waals surface area (Å²) in [5, 5.41) is 10.3. The maximum Gasteiger partial charge on any atom is 0.410 e. The van der Waals surface area contributed by atoms with Crippen LogP contribution in [0.1, 0.15) is 33.3 Å². The van der Waals surface area contributed by atoms with Crippen LogP contribution in [0.5, 0.6) is 0 Å². The van der Waals surface area contributed by atoms with Gasteiger partial charge in [-0.25, -0.2) is 14.8 Å². The lowest BCUT2D eigenvalue weighted by atomic mass is 10.1. The third-order valence-electron chi connectivity index (χ3n) is 6.34. The molecule has 9 nitrogen and oxygen atoms in total. The van der Waals surface area contributed by atoms with E-state index in [2.05, 4.69) is 27.9 Å². The van der Waals surface area contributed by atoms with Crippen molar-refractivity contribution in [2.45, 2.75) is 39.3 Å². The lowest BCUT2D eigenvalue weighted by molar-refractivity contribution is 0.0218. The summed E-state index contributed by atoms with van der Waals surface area (Å²) in [6.45, 7) is 9.36. The lowest BCUT2D eigenvalue weighted by Crippen LogP contribution is -2.54. The number of fused-ring (bicyclic) bond motifs is 1. The van der Waals surface area contributed by atoms with Crippen LogP contribution in [0, 0.1) is 11.3 Å². The van der Waals surface area contributed by atoms with Gasteiger partial charge in [0.25, 0.3) is 0 Å². The van der Waals surface area contributed by atoms with Crippen molar-refractivity contribution >= 4 is 22.9 Å². The Balaban J connectivity index is 1.59. The number of amides is 1. The van der Waals surface area contributed by atoms with E-state index >= 15 is 0 Å². The number of pyridine rings is 1. The number of rotatable bonds is 3. The number of ether oxygens (including phenoxy) is 1. The molecular formula is C28H29N7O2. The second-order valence-electron chi connectivity index (χ2n) is 10.2. The van der Waals surface area contributed by atoms with Gasteiger partial charge in [0.1, 0.15) is 17.7 Å². The molecule has 4 heterocycles. The molecule has 1 fully saturated rings. The predicted molar refractivity (Wildman–Crippen MR) is 141 cm³/mol. The van der Waals surface area contributed by atoms with Crippen LogP contribution in [0.3, 0.4) is 0 Å². The van der Waals surface area contributed by atoms with Crippen molar-refractivity contribution in [3.63, 3.8) is 0 Å². The van der Waals surface area contributed by atoms with Gasteiger partial charge in [-0.2, -0.15) is 5.26 Å². The maximum absolute atomic E-state index is 12.7. The molecule has 1 aromatic carbocycles. The summed E-state index contributed by atoms with van der Waals surface area (Å²) in [6.07, 6.45) is 6.87. The van der Waals surface area contributed by atoms with Crippen LogP contribution in [0.15, 0.2) is 61.3 Å². The van der Waals surface area contributed by atoms with Crippen molar-refractivity contribution in [1.29, 1.82) is 5.26 Å². The smallest absolute Gasteiger partial charge is 0.410 e. The van der Waals surface area contributed by atoms with Crippen LogP contribution in [-0.4, -0.2) is 61.8 Å². The predicted octanol–water partition coefficient (Wildman–Crippen LogP) is 4.80. The Hall–Kier alpha value is -4.45. The third-order valence-corrected chi connectivity index (χ3v) is 6.34. The van der Waals surface area contributed by atoms with Gasteiger partial charge >= 0.3 is 6.09 Å². The number of nitriles is 1. The highest BCUT2D eigenvalue weighted by atomic mass is 16.6. The van der Waals surface area contributed by atoms with E-state index in [9.17, 15) is 10.1 Å². The van der Waals surface area contributed by atoms with Gasteiger partial charge in [0.15, 0.2) is 5.65 Å². The largest absolute Gasteiger partial charge is 0.444 e. The highest BCUT2D eigenvalue weighted by Crippen LogP contribution is 2.37. The van der Waals surface area contributed by atoms with Crippen molar-refractivity contribution in [3.05, 3.63) is 66.9 Å². The van der Waals surface area contributed by atoms with Crippen molar-refractivity contribution < 1.29 is 9.53 Å². The first-order chi connectivity index (χ1) is 17.7. The number of hydrogen-bond acceptors (Lipinski definition) is 7. The summed E-state index contributed by atoms with van der Waals surface area (Å²) in [4.78, 5) is 30.4. The quantitative estimate of drug-likeness (QED) is 0.402. The molecule has 4 aromatic rings. The molecule has 0 unspecified atom stereocenters. The Morgan fingerprint density at radius 3 is 2.70 bits per heavy atom. The van der Waals surface area contributed by atoms with E-state index in [1.54, 1.807) is 23.5 Å². The lowest BCUT2D eigenvalue weighted by Gasteiger charge is -2.41. The van der Waals surface area contributed by atoms with Crippen LogP contribution in [0.4, 0.5) is 10.6 Å². The Morgan fingerprint density at radius 2 is 2.00 bits per heavy atom. The first kappa shape index (κ1) is 24.3. The molecule has 0 spiro atoms. The normalized spacial score (nSPS) is 16.0. The maximum atomic E-state index is 12.7. The number of carbonyl (C=O) groups excluding carboxylic acids is 1. The molecule has 0 radical (unpaired) electrons. The molecule has 1 atom stereocenters. The van der Waals surface area contributed by atoms with Crippen molar-refractivity contribution in [2.75, 3.05) is 24.5 Å². The third kappa shape index (κ3) is 4.83. The van der Waals surface area contributed by atoms with E-state index in [1.165, 1.54) is 0 Å². The van der Waals surface area contributed by atoms with Gasteiger partial charge in [0.05, 0.1) is 17.0 Å². The van der Waals surface area contributed by atoms with Crippen LogP contribution in [0.2, 0.25) is 0 Å². The Kier molecular flexibility index (Phi) is 6.25. The number of anilines is 1. The zero-order valence-corrected chi connectivity index (χ0v) is 21.4. The highest BCUT2D eigenvalue weighted by Gasteiger charge is 2.32. The Labute approximate surface area is 216 Å². The van der Waals surface area contributed by atoms with E-state index in [-0.39, 0.29) is 12.1 Å². The van der Waals surface area contributed by atoms with Crippen LogP contribution >= 0.6 is 0 Å². The van der Waals surface area contributed by atoms with Crippen molar-refractivity contribution in [2.24, 2.45) is 0 Å². The number of hydrogen-bond donors (Lipinski definition) is 0. The molecule has 1 aliphatic heterocycles. The average Bonchev–Trinajstić information content (AvgIpc) is 3.28. The van der Waals surface area contributed by atoms with Gasteiger partial charge in [0.2, 0.25) is 0 Å². The molecule has 0 aliphatic carbocycles. The molecule has 0 N–H and O–H groups in total. The number of piperazine rings is 1. The first-order valence-electron chi connectivity index (χ1n) is 12.3. The van der Waals surface area contributed by atoms with Crippen LogP contribution < -0.4 is 4.90 Å². The van der Waals surface area contributed by atoms with Gasteiger partial charge in [0, 0.05) is 61.1 Å². The SMILES string of the molecule is C[C@H]1CN(C(=O)OC(C)(C)C)CCN1c1ncnc2c1c(-c1cccnc1)cn2-c1cccc(C#N)c1. The summed E-state index contributed by atoms with van der Waals surface area (Å²) in [7, 11) is 0. The van der Waals surface area contributed by atoms with Crippen LogP contribution in [-0.2, 0) is 4.74 Å². The van der Waals surface area contributed by atoms with E-state index in [4.69, 9.17) is 9.72 Å². The number of aromatic nitrogens is 4. The molecular weight excluding hydrogens is 466 g/mol. The fraction of sp³-hybridized carbons (Fsp3) is 0.321. The number of benzene rings is 1. The Bertz CT molecular complexity index is 1480. The molecule has 3 aromatic heterocycles. The molecule has 0 bridgehead atoms. The van der Waals surface area contributed by atoms with Gasteiger partial charge in [-0.1, -0.05) is 12.1 Å². The van der Waals surface area contributed by atoms with E-state index in [0.717, 1.165) is 33.7 Å². The first-order valence-corrected chi connectivity index (χ1v) is 12.3. The average molecular weight is 496 g/mol. The molecule has 1 amide bonds. The topological polar surface area (TPSA) is 100 Å². The summed E-state index contributed by atoms with van der Waals surface area (Å²) in [5.74, 6) is 0.801. The van der Waals surface area contributed by atoms with Gasteiger partial charge in [-0.15, -0.1) is 0 Å². The second kappa shape index (κ2) is 9.54. The second-order valence-corrected chi connectivity index (χ2v) is 10.2. The summed E-state index contributed by atoms with van der Waals surface area (Å²) in [6, 6.07) is 13.6. The monoisotopic (exact) mass is 495 g/mol. The zero-order chi connectivity index (χ0) is 26.2. The number of nitrogens with zero attached hydrogens (tertiary/aromatic N) is 7. The molecule has 9 heteroatoms. The zero-order valence-electron chi connectivity index (χ0n) is 21.4. The standard InChI is InChI=1S/C28H29N7O2/c1-19-16-33(27(36)37-28(2,3)4)11-12-34(19)25-24-23(21-8-6-10-30-15-21)17-35(26(24)32-18-31-25)22-9-5-7-20(13-22)14-29/h5-10,13,15,17-19H,11-12,16H2,1-4H3/t19-/m0/s1. The molecule has 0 saturated carbocycles. The summed E-state index contributed by atoms with van der Waals surface area (Å²) < 4.78 is 7.59. The van der Waals surface area contributed by atoms with Crippen molar-refractivity contribution in [3.8, 4) is 22.9 Å². The van der Waals surface area contributed by atoms with Crippen LogP contribution in [0.25, 0.3) is 27.8 Å². The van der Waals surface area contributed by atoms with Crippen molar-refractivity contribution in [1.82, 2.24) is 24.4 Å². The molecule has 5 rings (SSSR count). The van der Waals surface area contributed by atoms with E-state index in [0.29, 0.717) is 25.2 Å². The highest BCUT2D eigenvalue weighted by molar-refractivity contribution is 6.02. The minimum atomic E-state index is -0.541. The van der Waals surface area contributed by atoms with E-state index < -0.39 is 5.60 Å². The minimum Gasteiger partial charge on any atom is -0.444 e. The summed E-state index contributed by atoms with van der Waals surface area (Å²) >= 11 is 0. The molecule has 1 saturated heterocycles. The molecule has 37 heavy (non-hydrogen) atoms. The van der Waals surface area contributed by atoms with E-state index in [1.807, 2.05) is 68.1 Å². The Morgan fingerprint density at radius 1 is 1.16 bits per heavy atom. The minimum absolute atomic E-state index is 0.00591. The van der Waals surface area contributed by atoms with Gasteiger partial charge in [-0.05, 0) is 52.0 Å². The fourth-order valence-electron chi connectivity index (χ4n) is 4.69. The molecule has 188 valence electrons. The molecule has 1 aliphatic rings.